The van der Waals surface area contributed by atoms with Crippen LogP contribution in [0.4, 0.5) is 0 Å². The molecule has 0 saturated carbocycles. The van der Waals surface area contributed by atoms with Crippen LogP contribution in [0.15, 0.2) is 52.4 Å². The first kappa shape index (κ1) is 14.8. The lowest BCUT2D eigenvalue weighted by Crippen LogP contribution is -2.12. The first-order valence-electron chi connectivity index (χ1n) is 5.86. The maximum absolute atomic E-state index is 11.6. The van der Waals surface area contributed by atoms with E-state index >= 15 is 0 Å². The van der Waals surface area contributed by atoms with Crippen molar-refractivity contribution in [2.45, 2.75) is 11.8 Å². The molecule has 4 nitrogen and oxygen atoms in total. The van der Waals surface area contributed by atoms with Gasteiger partial charge in [0.15, 0.2) is 0 Å². The summed E-state index contributed by atoms with van der Waals surface area (Å²) in [6.07, 6.45) is 0. The van der Waals surface area contributed by atoms with E-state index in [9.17, 15) is 8.42 Å². The highest BCUT2D eigenvalue weighted by atomic mass is 35.5. The predicted molar refractivity (Wildman–Crippen MR) is 80.4 cm³/mol. The Morgan fingerprint density at radius 3 is 2.50 bits per heavy atom. The zero-order valence-corrected chi connectivity index (χ0v) is 12.4. The van der Waals surface area contributed by atoms with Crippen molar-refractivity contribution in [3.05, 3.63) is 47.5 Å². The van der Waals surface area contributed by atoms with E-state index in [2.05, 4.69) is 0 Å². The summed E-state index contributed by atoms with van der Waals surface area (Å²) in [4.78, 5) is 0.0880. The zero-order chi connectivity index (χ0) is 14.8. The first-order chi connectivity index (χ1) is 9.43. The summed E-state index contributed by atoms with van der Waals surface area (Å²) >= 11 is 5.58. The number of primary sulfonamides is 1. The van der Waals surface area contributed by atoms with Crippen molar-refractivity contribution in [2.75, 3.05) is 6.61 Å². The Hall–Kier alpha value is -1.56. The minimum Gasteiger partial charge on any atom is -0.489 e. The number of hydrogen-bond acceptors (Lipinski definition) is 3. The molecule has 2 N–H and O–H groups in total. The molecule has 0 atom stereocenters. The second-order valence-electron chi connectivity index (χ2n) is 4.40. The number of hydrogen-bond donors (Lipinski definition) is 1. The number of sulfonamides is 1. The Morgan fingerprint density at radius 1 is 1.25 bits per heavy atom. The molecular formula is C14H14ClNO3S. The fraction of sp³-hybridized carbons (Fsp3) is 0.143. The van der Waals surface area contributed by atoms with Gasteiger partial charge in [0.2, 0.25) is 10.0 Å². The van der Waals surface area contributed by atoms with E-state index in [-0.39, 0.29) is 4.90 Å². The molecule has 0 fully saturated rings. The third-order valence-electron chi connectivity index (χ3n) is 2.79. The van der Waals surface area contributed by atoms with Crippen LogP contribution in [0.2, 0.25) is 0 Å². The Balaban J connectivity index is 2.55. The highest BCUT2D eigenvalue weighted by Gasteiger charge is 2.14. The van der Waals surface area contributed by atoms with Gasteiger partial charge in [-0.2, -0.15) is 0 Å². The quantitative estimate of drug-likeness (QED) is 0.943. The number of benzene rings is 2. The van der Waals surface area contributed by atoms with Crippen molar-refractivity contribution >= 4 is 32.4 Å². The molecule has 0 bridgehead atoms. The monoisotopic (exact) mass is 311 g/mol. The molecule has 0 saturated heterocycles. The van der Waals surface area contributed by atoms with E-state index in [0.717, 1.165) is 5.57 Å². The van der Waals surface area contributed by atoms with Gasteiger partial charge in [-0.3, -0.25) is 0 Å². The van der Waals surface area contributed by atoms with Gasteiger partial charge in [-0.15, -0.1) is 0 Å². The molecule has 2 aromatic rings. The van der Waals surface area contributed by atoms with E-state index in [1.54, 1.807) is 24.3 Å². The lowest BCUT2D eigenvalue weighted by Gasteiger charge is -2.11. The molecule has 6 heteroatoms. The van der Waals surface area contributed by atoms with Crippen molar-refractivity contribution in [2.24, 2.45) is 5.14 Å². The summed E-state index contributed by atoms with van der Waals surface area (Å²) in [5.74, 6) is 0.589. The maximum atomic E-state index is 11.6. The molecule has 20 heavy (non-hydrogen) atoms. The predicted octanol–water partition coefficient (Wildman–Crippen LogP) is 3.01. The molecule has 0 spiro atoms. The average Bonchev–Trinajstić information content (AvgIpc) is 2.43. The number of ether oxygens (including phenoxy) is 1. The van der Waals surface area contributed by atoms with E-state index in [1.165, 1.54) is 11.6 Å². The molecule has 2 rings (SSSR count). The highest BCUT2D eigenvalue weighted by Crippen LogP contribution is 2.30. The Bertz CT molecular complexity index is 769. The molecule has 0 amide bonds. The highest BCUT2D eigenvalue weighted by molar-refractivity contribution is 7.89. The van der Waals surface area contributed by atoms with Gasteiger partial charge in [-0.25, -0.2) is 13.6 Å². The van der Waals surface area contributed by atoms with Crippen LogP contribution >= 0.6 is 11.6 Å². The van der Waals surface area contributed by atoms with Gasteiger partial charge in [-0.1, -0.05) is 35.9 Å². The largest absolute Gasteiger partial charge is 0.489 e. The van der Waals surface area contributed by atoms with Crippen LogP contribution in [0.5, 0.6) is 5.75 Å². The minimum atomic E-state index is -3.77. The summed E-state index contributed by atoms with van der Waals surface area (Å²) in [6.45, 7) is 2.18. The molecule has 0 aromatic heterocycles. The van der Waals surface area contributed by atoms with Crippen LogP contribution in [0.1, 0.15) is 6.92 Å². The second-order valence-corrected chi connectivity index (χ2v) is 6.14. The summed E-state index contributed by atoms with van der Waals surface area (Å²) in [7, 11) is -3.77. The van der Waals surface area contributed by atoms with Gasteiger partial charge in [0.25, 0.3) is 0 Å². The SMILES string of the molecule is C/C(=C/Cl)COc1ccc(S(N)(=O)=O)c2ccccc12. The zero-order valence-electron chi connectivity index (χ0n) is 10.8. The van der Waals surface area contributed by atoms with Gasteiger partial charge >= 0.3 is 0 Å². The Kier molecular flexibility index (Phi) is 4.32. The molecule has 0 aliphatic carbocycles. The molecule has 0 aliphatic heterocycles. The Morgan fingerprint density at radius 2 is 1.90 bits per heavy atom. The van der Waals surface area contributed by atoms with Crippen LogP contribution in [0.25, 0.3) is 10.8 Å². The second kappa shape index (κ2) is 5.83. The topological polar surface area (TPSA) is 69.4 Å². The van der Waals surface area contributed by atoms with Crippen LogP contribution < -0.4 is 9.88 Å². The summed E-state index contributed by atoms with van der Waals surface area (Å²) in [6, 6.07) is 10.1. The third-order valence-corrected chi connectivity index (χ3v) is 4.13. The fourth-order valence-electron chi connectivity index (χ4n) is 1.84. The van der Waals surface area contributed by atoms with Crippen LogP contribution in [0, 0.1) is 0 Å². The van der Waals surface area contributed by atoms with Crippen molar-refractivity contribution in [1.29, 1.82) is 0 Å². The molecule has 2 aromatic carbocycles. The molecule has 0 radical (unpaired) electrons. The Labute approximate surface area is 122 Å². The van der Waals surface area contributed by atoms with Gasteiger partial charge in [-0.05, 0) is 24.6 Å². The lowest BCUT2D eigenvalue weighted by atomic mass is 10.1. The summed E-state index contributed by atoms with van der Waals surface area (Å²) in [5.41, 5.74) is 2.31. The number of halogens is 1. The van der Waals surface area contributed by atoms with E-state index in [0.29, 0.717) is 23.1 Å². The van der Waals surface area contributed by atoms with Gasteiger partial charge in [0, 0.05) is 16.3 Å². The van der Waals surface area contributed by atoms with Gasteiger partial charge in [0.1, 0.15) is 12.4 Å². The van der Waals surface area contributed by atoms with Crippen molar-refractivity contribution in [3.63, 3.8) is 0 Å². The number of fused-ring (bicyclic) bond motifs is 1. The smallest absolute Gasteiger partial charge is 0.238 e. The normalized spacial score (nSPS) is 12.7. The average molecular weight is 312 g/mol. The standard InChI is InChI=1S/C14H14ClNO3S/c1-10(8-15)9-19-13-6-7-14(20(16,17)18)12-5-3-2-4-11(12)13/h2-8H,9H2,1H3,(H2,16,17,18)/b10-8-. The van der Waals surface area contributed by atoms with Crippen LogP contribution in [-0.2, 0) is 10.0 Å². The molecule has 0 aliphatic rings. The summed E-state index contributed by atoms with van der Waals surface area (Å²) < 4.78 is 28.8. The summed E-state index contributed by atoms with van der Waals surface area (Å²) in [5, 5.41) is 6.46. The van der Waals surface area contributed by atoms with Crippen molar-refractivity contribution in [1.82, 2.24) is 0 Å². The third kappa shape index (κ3) is 3.12. The minimum absolute atomic E-state index is 0.0880. The number of rotatable bonds is 4. The van der Waals surface area contributed by atoms with Crippen LogP contribution in [0.3, 0.4) is 0 Å². The van der Waals surface area contributed by atoms with E-state index in [4.69, 9.17) is 21.5 Å². The molecule has 0 heterocycles. The molecule has 0 unspecified atom stereocenters. The fourth-order valence-corrected chi connectivity index (χ4v) is 2.65. The van der Waals surface area contributed by atoms with Crippen LogP contribution in [-0.4, -0.2) is 15.0 Å². The molecule has 106 valence electrons. The van der Waals surface area contributed by atoms with E-state index < -0.39 is 10.0 Å². The van der Waals surface area contributed by atoms with Crippen molar-refractivity contribution < 1.29 is 13.2 Å². The lowest BCUT2D eigenvalue weighted by molar-refractivity contribution is 0.356. The first-order valence-corrected chi connectivity index (χ1v) is 7.85. The van der Waals surface area contributed by atoms with Gasteiger partial charge in [0.05, 0.1) is 4.90 Å². The maximum Gasteiger partial charge on any atom is 0.238 e. The molecular weight excluding hydrogens is 298 g/mol. The number of nitrogens with two attached hydrogens (primary N) is 1. The van der Waals surface area contributed by atoms with Gasteiger partial charge < -0.3 is 4.74 Å². The van der Waals surface area contributed by atoms with Crippen molar-refractivity contribution in [3.8, 4) is 5.75 Å². The van der Waals surface area contributed by atoms with E-state index in [1.807, 2.05) is 13.0 Å².